The molecule has 1 fully saturated rings. The molecule has 234 valence electrons. The Balaban J connectivity index is 1.54. The van der Waals surface area contributed by atoms with Crippen molar-refractivity contribution < 1.29 is 18.0 Å². The maximum absolute atomic E-state index is 14.5. The van der Waals surface area contributed by atoms with E-state index < -0.39 is 28.5 Å². The van der Waals surface area contributed by atoms with Crippen molar-refractivity contribution >= 4 is 27.5 Å². The average Bonchev–Trinajstić information content (AvgIpc) is 3.07. The average molecular weight is 624 g/mol. The number of aryl methyl sites for hydroxylation is 1. The van der Waals surface area contributed by atoms with Crippen LogP contribution in [0.5, 0.6) is 0 Å². The summed E-state index contributed by atoms with van der Waals surface area (Å²) in [6.45, 7) is 1.69. The van der Waals surface area contributed by atoms with E-state index in [9.17, 15) is 18.0 Å². The first-order valence-corrected chi connectivity index (χ1v) is 17.1. The van der Waals surface area contributed by atoms with Gasteiger partial charge >= 0.3 is 0 Å². The van der Waals surface area contributed by atoms with E-state index in [4.69, 9.17) is 0 Å². The van der Waals surface area contributed by atoms with E-state index in [0.717, 1.165) is 53.1 Å². The minimum Gasteiger partial charge on any atom is -0.352 e. The Labute approximate surface area is 266 Å². The second-order valence-corrected chi connectivity index (χ2v) is 13.6. The Bertz CT molecular complexity index is 1640. The second-order valence-electron chi connectivity index (χ2n) is 11.7. The van der Waals surface area contributed by atoms with Gasteiger partial charge in [0.15, 0.2) is 0 Å². The van der Waals surface area contributed by atoms with Crippen LogP contribution in [0.2, 0.25) is 0 Å². The molecule has 1 aliphatic carbocycles. The third-order valence-electron chi connectivity index (χ3n) is 8.35. The van der Waals surface area contributed by atoms with Crippen molar-refractivity contribution in [2.45, 2.75) is 69.0 Å². The number of benzene rings is 4. The van der Waals surface area contributed by atoms with Crippen LogP contribution in [-0.2, 0) is 32.6 Å². The lowest BCUT2D eigenvalue weighted by molar-refractivity contribution is -0.140. The van der Waals surface area contributed by atoms with Crippen LogP contribution >= 0.6 is 0 Å². The van der Waals surface area contributed by atoms with Gasteiger partial charge in [-0.2, -0.15) is 0 Å². The number of nitrogens with zero attached hydrogens (tertiary/aromatic N) is 2. The fourth-order valence-electron chi connectivity index (χ4n) is 5.83. The quantitative estimate of drug-likeness (QED) is 0.201. The van der Waals surface area contributed by atoms with Crippen LogP contribution in [0.15, 0.2) is 120 Å². The molecule has 45 heavy (non-hydrogen) atoms. The normalized spacial score (nSPS) is 14.3. The zero-order valence-electron chi connectivity index (χ0n) is 25.7. The first-order chi connectivity index (χ1) is 21.8. The molecule has 1 aliphatic rings. The molecule has 0 spiro atoms. The van der Waals surface area contributed by atoms with E-state index in [2.05, 4.69) is 5.32 Å². The van der Waals surface area contributed by atoms with E-state index in [0.29, 0.717) is 12.1 Å². The number of rotatable bonds is 12. The van der Waals surface area contributed by atoms with E-state index >= 15 is 0 Å². The zero-order chi connectivity index (χ0) is 31.6. The van der Waals surface area contributed by atoms with Crippen LogP contribution in [0.4, 0.5) is 5.69 Å². The van der Waals surface area contributed by atoms with Gasteiger partial charge in [-0.05, 0) is 55.2 Å². The second kappa shape index (κ2) is 15.0. The number of hydrogen-bond acceptors (Lipinski definition) is 4. The summed E-state index contributed by atoms with van der Waals surface area (Å²) < 4.78 is 29.2. The molecule has 0 heterocycles. The molecule has 0 saturated heterocycles. The lowest BCUT2D eigenvalue weighted by atomic mass is 9.94. The molecule has 7 nitrogen and oxygen atoms in total. The number of carbonyl (C=O) groups is 2. The highest BCUT2D eigenvalue weighted by molar-refractivity contribution is 7.92. The SMILES string of the molecule is Cc1ccc(CN(C(=O)CN(c2ccccc2)S(=O)(=O)c2ccccc2)C(Cc2ccccc2)C(=O)NC2CCCCC2)cc1. The summed E-state index contributed by atoms with van der Waals surface area (Å²) in [5, 5.41) is 3.25. The lowest BCUT2D eigenvalue weighted by Gasteiger charge is -2.35. The third-order valence-corrected chi connectivity index (χ3v) is 10.1. The van der Waals surface area contributed by atoms with Crippen molar-refractivity contribution in [3.8, 4) is 0 Å². The highest BCUT2D eigenvalue weighted by Gasteiger charge is 2.35. The third kappa shape index (κ3) is 8.39. The molecule has 4 aromatic carbocycles. The van der Waals surface area contributed by atoms with Gasteiger partial charge in [0, 0.05) is 19.0 Å². The Morgan fingerprint density at radius 2 is 1.33 bits per heavy atom. The molecule has 1 N–H and O–H groups in total. The summed E-state index contributed by atoms with van der Waals surface area (Å²) in [7, 11) is -4.10. The topological polar surface area (TPSA) is 86.8 Å². The molecule has 8 heteroatoms. The standard InChI is InChI=1S/C37H41N3O4S/c1-29-22-24-31(25-23-29)27-39(35(26-30-14-6-2-7-15-30)37(42)38-32-16-8-3-9-17-32)36(41)28-40(33-18-10-4-11-19-33)45(43,44)34-20-12-5-13-21-34/h2,4-7,10-15,18-25,32,35H,3,8-9,16-17,26-28H2,1H3,(H,38,42). The molecule has 0 aromatic heterocycles. The first-order valence-electron chi connectivity index (χ1n) is 15.6. The van der Waals surface area contributed by atoms with Gasteiger partial charge in [0.05, 0.1) is 10.6 Å². The van der Waals surface area contributed by atoms with Gasteiger partial charge in [-0.25, -0.2) is 8.42 Å². The van der Waals surface area contributed by atoms with Gasteiger partial charge in [0.25, 0.3) is 10.0 Å². The predicted molar refractivity (Wildman–Crippen MR) is 178 cm³/mol. The predicted octanol–water partition coefficient (Wildman–Crippen LogP) is 6.28. The van der Waals surface area contributed by atoms with E-state index in [-0.39, 0.29) is 23.4 Å². The summed E-state index contributed by atoms with van der Waals surface area (Å²) >= 11 is 0. The van der Waals surface area contributed by atoms with Gasteiger partial charge in [0.2, 0.25) is 11.8 Å². The number of anilines is 1. The summed E-state index contributed by atoms with van der Waals surface area (Å²) in [6, 6.07) is 33.5. The molecular weight excluding hydrogens is 582 g/mol. The number of nitrogens with one attached hydrogen (secondary N) is 1. The number of hydrogen-bond donors (Lipinski definition) is 1. The maximum atomic E-state index is 14.5. The molecule has 2 amide bonds. The number of sulfonamides is 1. The van der Waals surface area contributed by atoms with Gasteiger partial charge < -0.3 is 10.2 Å². The molecule has 4 aromatic rings. The van der Waals surface area contributed by atoms with Gasteiger partial charge in [-0.3, -0.25) is 13.9 Å². The minimum absolute atomic E-state index is 0.0557. The van der Waals surface area contributed by atoms with Crippen molar-refractivity contribution in [2.75, 3.05) is 10.8 Å². The molecule has 1 unspecified atom stereocenters. The highest BCUT2D eigenvalue weighted by Crippen LogP contribution is 2.25. The smallest absolute Gasteiger partial charge is 0.264 e. The summed E-state index contributed by atoms with van der Waals surface area (Å²) in [6.07, 6.45) is 5.39. The molecule has 1 atom stereocenters. The summed E-state index contributed by atoms with van der Waals surface area (Å²) in [5.41, 5.74) is 3.22. The molecule has 1 saturated carbocycles. The largest absolute Gasteiger partial charge is 0.352 e. The van der Waals surface area contributed by atoms with E-state index in [1.165, 1.54) is 12.1 Å². The number of para-hydroxylation sites is 1. The van der Waals surface area contributed by atoms with Crippen LogP contribution in [0, 0.1) is 6.92 Å². The Morgan fingerprint density at radius 3 is 1.96 bits per heavy atom. The first kappa shape index (κ1) is 32.0. The number of carbonyl (C=O) groups excluding carboxylic acids is 2. The summed E-state index contributed by atoms with van der Waals surface area (Å²) in [4.78, 5) is 30.3. The van der Waals surface area contributed by atoms with Gasteiger partial charge in [-0.1, -0.05) is 116 Å². The Hall–Kier alpha value is -4.43. The highest BCUT2D eigenvalue weighted by atomic mass is 32.2. The van der Waals surface area contributed by atoms with Crippen molar-refractivity contribution in [1.29, 1.82) is 0 Å². The van der Waals surface area contributed by atoms with E-state index in [1.54, 1.807) is 53.4 Å². The van der Waals surface area contributed by atoms with Crippen LogP contribution < -0.4 is 9.62 Å². The minimum atomic E-state index is -4.10. The van der Waals surface area contributed by atoms with Gasteiger partial charge in [-0.15, -0.1) is 0 Å². The lowest BCUT2D eigenvalue weighted by Crippen LogP contribution is -2.55. The van der Waals surface area contributed by atoms with Crippen molar-refractivity contribution in [1.82, 2.24) is 10.2 Å². The monoisotopic (exact) mass is 623 g/mol. The molecule has 0 bridgehead atoms. The van der Waals surface area contributed by atoms with Crippen molar-refractivity contribution in [3.63, 3.8) is 0 Å². The van der Waals surface area contributed by atoms with Crippen LogP contribution in [0.1, 0.15) is 48.8 Å². The molecular formula is C37H41N3O4S. The van der Waals surface area contributed by atoms with Gasteiger partial charge in [0.1, 0.15) is 12.6 Å². The van der Waals surface area contributed by atoms with Crippen LogP contribution in [0.3, 0.4) is 0 Å². The molecule has 5 rings (SSSR count). The van der Waals surface area contributed by atoms with Crippen molar-refractivity contribution in [2.24, 2.45) is 0 Å². The van der Waals surface area contributed by atoms with Crippen molar-refractivity contribution in [3.05, 3.63) is 132 Å². The zero-order valence-corrected chi connectivity index (χ0v) is 26.5. The van der Waals surface area contributed by atoms with Crippen LogP contribution in [-0.4, -0.2) is 43.8 Å². The summed E-state index contributed by atoms with van der Waals surface area (Å²) in [5.74, 6) is -0.679. The Kier molecular flexibility index (Phi) is 10.7. The fourth-order valence-corrected chi connectivity index (χ4v) is 7.27. The van der Waals surface area contributed by atoms with E-state index in [1.807, 2.05) is 61.5 Å². The molecule has 0 radical (unpaired) electrons. The van der Waals surface area contributed by atoms with Crippen LogP contribution in [0.25, 0.3) is 0 Å². The molecule has 0 aliphatic heterocycles. The Morgan fingerprint density at radius 1 is 0.756 bits per heavy atom. The fraction of sp³-hybridized carbons (Fsp3) is 0.297. The maximum Gasteiger partial charge on any atom is 0.264 e. The number of amides is 2.